The highest BCUT2D eigenvalue weighted by atomic mass is 32.2. The number of anilines is 1. The van der Waals surface area contributed by atoms with E-state index in [0.717, 1.165) is 4.21 Å². The number of benzene rings is 1. The first-order valence-corrected chi connectivity index (χ1v) is 5.42. The maximum absolute atomic E-state index is 5.53. The van der Waals surface area contributed by atoms with Gasteiger partial charge in [-0.05, 0) is 12.1 Å². The van der Waals surface area contributed by atoms with E-state index in [2.05, 4.69) is 17.1 Å². The average molecular weight is 208 g/mol. The lowest BCUT2D eigenvalue weighted by Crippen LogP contribution is -1.77. The van der Waals surface area contributed by atoms with Crippen molar-refractivity contribution in [2.45, 2.75) is 9.10 Å². The molecule has 1 aromatic heterocycles. The molecule has 66 valence electrons. The molecule has 1 heterocycles. The van der Waals surface area contributed by atoms with Crippen LogP contribution in [0.2, 0.25) is 0 Å². The van der Waals surface area contributed by atoms with E-state index in [1.54, 1.807) is 18.0 Å². The van der Waals surface area contributed by atoms with E-state index in [0.29, 0.717) is 5.13 Å². The molecule has 0 spiro atoms. The van der Waals surface area contributed by atoms with Crippen molar-refractivity contribution < 1.29 is 0 Å². The molecule has 1 aromatic carbocycles. The Morgan fingerprint density at radius 2 is 2.00 bits per heavy atom. The van der Waals surface area contributed by atoms with Gasteiger partial charge in [0.15, 0.2) is 5.13 Å². The Bertz CT molecular complexity index is 384. The first kappa shape index (κ1) is 8.59. The van der Waals surface area contributed by atoms with Gasteiger partial charge in [0.2, 0.25) is 0 Å². The molecule has 0 bridgehead atoms. The van der Waals surface area contributed by atoms with Crippen molar-refractivity contribution in [2.75, 3.05) is 5.73 Å². The lowest BCUT2D eigenvalue weighted by molar-refractivity contribution is 1.37. The fraction of sp³-hybridized carbons (Fsp3) is 0. The van der Waals surface area contributed by atoms with Gasteiger partial charge in [0.05, 0.1) is 10.4 Å². The van der Waals surface area contributed by atoms with Crippen molar-refractivity contribution in [3.8, 4) is 0 Å². The summed E-state index contributed by atoms with van der Waals surface area (Å²) in [5.41, 5.74) is 5.53. The van der Waals surface area contributed by atoms with Crippen molar-refractivity contribution in [3.63, 3.8) is 0 Å². The summed E-state index contributed by atoms with van der Waals surface area (Å²) in [6.07, 6.45) is 1.80. The number of aromatic nitrogens is 1. The monoisotopic (exact) mass is 208 g/mol. The molecular formula is C9H8N2S2. The van der Waals surface area contributed by atoms with Crippen LogP contribution in [0.1, 0.15) is 0 Å². The van der Waals surface area contributed by atoms with E-state index in [9.17, 15) is 0 Å². The topological polar surface area (TPSA) is 38.9 Å². The lowest BCUT2D eigenvalue weighted by atomic mass is 10.4. The van der Waals surface area contributed by atoms with Crippen LogP contribution >= 0.6 is 23.1 Å². The van der Waals surface area contributed by atoms with Crippen LogP contribution < -0.4 is 5.73 Å². The van der Waals surface area contributed by atoms with Crippen LogP contribution in [0.5, 0.6) is 0 Å². The molecule has 13 heavy (non-hydrogen) atoms. The fourth-order valence-electron chi connectivity index (χ4n) is 0.924. The second-order valence-electron chi connectivity index (χ2n) is 2.43. The summed E-state index contributed by atoms with van der Waals surface area (Å²) >= 11 is 3.20. The summed E-state index contributed by atoms with van der Waals surface area (Å²) in [4.78, 5) is 5.20. The molecule has 0 aliphatic carbocycles. The molecule has 4 heteroatoms. The minimum atomic E-state index is 0.624. The molecule has 0 saturated carbocycles. The van der Waals surface area contributed by atoms with Gasteiger partial charge in [0.25, 0.3) is 0 Å². The van der Waals surface area contributed by atoms with Crippen molar-refractivity contribution in [2.24, 2.45) is 0 Å². The summed E-state index contributed by atoms with van der Waals surface area (Å²) in [5, 5.41) is 0.624. The van der Waals surface area contributed by atoms with E-state index in [4.69, 9.17) is 5.73 Å². The van der Waals surface area contributed by atoms with Gasteiger partial charge in [-0.25, -0.2) is 4.98 Å². The quantitative estimate of drug-likeness (QED) is 0.824. The maximum Gasteiger partial charge on any atom is 0.181 e. The Morgan fingerprint density at radius 1 is 1.23 bits per heavy atom. The van der Waals surface area contributed by atoms with Gasteiger partial charge in [-0.3, -0.25) is 0 Å². The zero-order chi connectivity index (χ0) is 9.10. The summed E-state index contributed by atoms with van der Waals surface area (Å²) in [6, 6.07) is 10.2. The molecule has 2 aromatic rings. The van der Waals surface area contributed by atoms with Gasteiger partial charge in [0, 0.05) is 4.90 Å². The van der Waals surface area contributed by atoms with Crippen molar-refractivity contribution in [1.29, 1.82) is 0 Å². The molecule has 0 aliphatic rings. The summed E-state index contributed by atoms with van der Waals surface area (Å²) in [6.45, 7) is 0. The molecule has 2 rings (SSSR count). The molecule has 0 fully saturated rings. The molecular weight excluding hydrogens is 200 g/mol. The largest absolute Gasteiger partial charge is 0.375 e. The second kappa shape index (κ2) is 3.81. The van der Waals surface area contributed by atoms with Crippen molar-refractivity contribution in [1.82, 2.24) is 4.98 Å². The molecule has 2 N–H and O–H groups in total. The third-order valence-corrected chi connectivity index (χ3v) is 3.40. The zero-order valence-corrected chi connectivity index (χ0v) is 8.44. The Morgan fingerprint density at radius 3 is 2.62 bits per heavy atom. The van der Waals surface area contributed by atoms with E-state index >= 15 is 0 Å². The first-order chi connectivity index (χ1) is 6.34. The third-order valence-electron chi connectivity index (χ3n) is 1.46. The van der Waals surface area contributed by atoms with E-state index < -0.39 is 0 Å². The lowest BCUT2D eigenvalue weighted by Gasteiger charge is -1.94. The fourth-order valence-corrected chi connectivity index (χ4v) is 2.68. The third kappa shape index (κ3) is 2.23. The number of nitrogens with zero attached hydrogens (tertiary/aromatic N) is 1. The van der Waals surface area contributed by atoms with Crippen molar-refractivity contribution >= 4 is 28.2 Å². The Labute approximate surface area is 84.8 Å². The minimum absolute atomic E-state index is 0.624. The van der Waals surface area contributed by atoms with Crippen molar-refractivity contribution in [3.05, 3.63) is 36.5 Å². The first-order valence-electron chi connectivity index (χ1n) is 3.79. The predicted molar refractivity (Wildman–Crippen MR) is 57.1 cm³/mol. The van der Waals surface area contributed by atoms with E-state index in [-0.39, 0.29) is 0 Å². The standard InChI is InChI=1S/C9H8N2S2/c10-9-11-6-8(13-9)12-7-4-2-1-3-5-7/h1-6H,(H2,10,11). The Kier molecular flexibility index (Phi) is 2.52. The molecule has 0 radical (unpaired) electrons. The van der Waals surface area contributed by atoms with Crippen LogP contribution in [-0.4, -0.2) is 4.98 Å². The Balaban J connectivity index is 2.15. The molecule has 0 atom stereocenters. The van der Waals surface area contributed by atoms with Crippen LogP contribution in [0.15, 0.2) is 45.6 Å². The smallest absolute Gasteiger partial charge is 0.181 e. The second-order valence-corrected chi connectivity index (χ2v) is 4.87. The molecule has 2 nitrogen and oxygen atoms in total. The maximum atomic E-state index is 5.53. The highest BCUT2D eigenvalue weighted by Crippen LogP contribution is 2.32. The number of hydrogen-bond acceptors (Lipinski definition) is 4. The number of nitrogens with two attached hydrogens (primary N) is 1. The van der Waals surface area contributed by atoms with Gasteiger partial charge in [-0.1, -0.05) is 41.3 Å². The Hall–Kier alpha value is -1.00. The van der Waals surface area contributed by atoms with Crippen LogP contribution in [0.3, 0.4) is 0 Å². The van der Waals surface area contributed by atoms with Crippen LogP contribution in [0, 0.1) is 0 Å². The van der Waals surface area contributed by atoms with Gasteiger partial charge in [-0.15, -0.1) is 0 Å². The van der Waals surface area contributed by atoms with Crippen LogP contribution in [0.25, 0.3) is 0 Å². The summed E-state index contributed by atoms with van der Waals surface area (Å²) in [7, 11) is 0. The molecule has 0 amide bonds. The summed E-state index contributed by atoms with van der Waals surface area (Å²) < 4.78 is 1.13. The van der Waals surface area contributed by atoms with E-state index in [1.807, 2.05) is 18.2 Å². The highest BCUT2D eigenvalue weighted by Gasteiger charge is 1.99. The predicted octanol–water partition coefficient (Wildman–Crippen LogP) is 2.88. The average Bonchev–Trinajstić information content (AvgIpc) is 2.53. The van der Waals surface area contributed by atoms with Crippen LogP contribution in [-0.2, 0) is 0 Å². The number of thiazole rings is 1. The number of rotatable bonds is 2. The van der Waals surface area contributed by atoms with Gasteiger partial charge in [-0.2, -0.15) is 0 Å². The van der Waals surface area contributed by atoms with E-state index in [1.165, 1.54) is 16.2 Å². The minimum Gasteiger partial charge on any atom is -0.375 e. The highest BCUT2D eigenvalue weighted by molar-refractivity contribution is 8.01. The SMILES string of the molecule is Nc1ncc(Sc2ccccc2)s1. The number of hydrogen-bond donors (Lipinski definition) is 1. The molecule has 0 unspecified atom stereocenters. The van der Waals surface area contributed by atoms with Crippen LogP contribution in [0.4, 0.5) is 5.13 Å². The normalized spacial score (nSPS) is 10.2. The van der Waals surface area contributed by atoms with Gasteiger partial charge >= 0.3 is 0 Å². The van der Waals surface area contributed by atoms with Gasteiger partial charge in [0.1, 0.15) is 0 Å². The zero-order valence-electron chi connectivity index (χ0n) is 6.81. The number of nitrogen functional groups attached to an aromatic ring is 1. The molecule has 0 saturated heterocycles. The van der Waals surface area contributed by atoms with Gasteiger partial charge < -0.3 is 5.73 Å². The molecule has 0 aliphatic heterocycles. The summed E-state index contributed by atoms with van der Waals surface area (Å²) in [5.74, 6) is 0.